The third kappa shape index (κ3) is 5.31. The van der Waals surface area contributed by atoms with Gasteiger partial charge < -0.3 is 14.2 Å². The molecule has 0 fully saturated rings. The van der Waals surface area contributed by atoms with Crippen molar-refractivity contribution in [3.63, 3.8) is 0 Å². The summed E-state index contributed by atoms with van der Waals surface area (Å²) < 4.78 is 42.0. The van der Waals surface area contributed by atoms with Crippen molar-refractivity contribution in [2.45, 2.75) is 11.4 Å². The lowest BCUT2D eigenvalue weighted by molar-refractivity contribution is -0.140. The fourth-order valence-electron chi connectivity index (χ4n) is 2.26. The van der Waals surface area contributed by atoms with E-state index in [-0.39, 0.29) is 16.6 Å². The number of benzene rings is 1. The monoisotopic (exact) mass is 414 g/mol. The van der Waals surface area contributed by atoms with Gasteiger partial charge in [0.15, 0.2) is 0 Å². The SMILES string of the molecule is COC(=O)CN(Cc1cc(OC)cc(OC)c1)S(=O)(=O)c1ccc(Cl)nc1. The third-order valence-corrected chi connectivity index (χ3v) is 5.64. The summed E-state index contributed by atoms with van der Waals surface area (Å²) in [6.45, 7) is -0.575. The van der Waals surface area contributed by atoms with E-state index in [9.17, 15) is 13.2 Å². The predicted octanol–water partition coefficient (Wildman–Crippen LogP) is 2.12. The minimum Gasteiger partial charge on any atom is -0.497 e. The number of pyridine rings is 1. The zero-order chi connectivity index (χ0) is 20.0. The molecule has 0 aliphatic rings. The number of sulfonamides is 1. The Morgan fingerprint density at radius 1 is 1.11 bits per heavy atom. The van der Waals surface area contributed by atoms with Gasteiger partial charge in [-0.05, 0) is 29.8 Å². The number of nitrogens with zero attached hydrogens (tertiary/aromatic N) is 2. The Morgan fingerprint density at radius 3 is 2.22 bits per heavy atom. The van der Waals surface area contributed by atoms with Crippen molar-refractivity contribution in [3.8, 4) is 11.5 Å². The maximum Gasteiger partial charge on any atom is 0.321 e. The summed E-state index contributed by atoms with van der Waals surface area (Å²) >= 11 is 5.72. The lowest BCUT2D eigenvalue weighted by atomic mass is 10.2. The molecule has 0 saturated carbocycles. The van der Waals surface area contributed by atoms with E-state index in [1.165, 1.54) is 33.5 Å². The normalized spacial score (nSPS) is 11.3. The first kappa shape index (κ1) is 20.9. The van der Waals surface area contributed by atoms with Gasteiger partial charge in [0.25, 0.3) is 0 Å². The molecular formula is C17H19ClN2O6S. The standard InChI is InChI=1S/C17H19ClN2O6S/c1-24-13-6-12(7-14(8-13)25-2)10-20(11-17(21)26-3)27(22,23)15-4-5-16(18)19-9-15/h4-9H,10-11H2,1-3H3. The molecule has 0 spiro atoms. The van der Waals surface area contributed by atoms with E-state index in [4.69, 9.17) is 21.1 Å². The van der Waals surface area contributed by atoms with Crippen LogP contribution in [0, 0.1) is 0 Å². The maximum atomic E-state index is 13.0. The summed E-state index contributed by atoms with van der Waals surface area (Å²) in [4.78, 5) is 15.5. The van der Waals surface area contributed by atoms with Crippen LogP contribution in [0.1, 0.15) is 5.56 Å². The zero-order valence-electron chi connectivity index (χ0n) is 15.0. The van der Waals surface area contributed by atoms with Gasteiger partial charge in [0.1, 0.15) is 28.1 Å². The van der Waals surface area contributed by atoms with Crippen molar-refractivity contribution in [1.82, 2.24) is 9.29 Å². The van der Waals surface area contributed by atoms with Crippen LogP contribution in [0.2, 0.25) is 5.15 Å². The average Bonchev–Trinajstić information content (AvgIpc) is 2.67. The number of halogens is 1. The molecule has 2 rings (SSSR count). The van der Waals surface area contributed by atoms with Crippen LogP contribution < -0.4 is 9.47 Å². The number of hydrogen-bond donors (Lipinski definition) is 0. The summed E-state index contributed by atoms with van der Waals surface area (Å²) in [5.41, 5.74) is 0.570. The molecule has 0 bridgehead atoms. The maximum absolute atomic E-state index is 13.0. The van der Waals surface area contributed by atoms with Gasteiger partial charge in [-0.3, -0.25) is 4.79 Å². The third-order valence-electron chi connectivity index (χ3n) is 3.64. The highest BCUT2D eigenvalue weighted by molar-refractivity contribution is 7.89. The molecule has 0 atom stereocenters. The van der Waals surface area contributed by atoms with E-state index < -0.39 is 22.5 Å². The summed E-state index contributed by atoms with van der Waals surface area (Å²) in [6, 6.07) is 7.65. The summed E-state index contributed by atoms with van der Waals surface area (Å²) in [7, 11) is 0.129. The second-order valence-corrected chi connectivity index (χ2v) is 7.71. The van der Waals surface area contributed by atoms with Gasteiger partial charge in [0, 0.05) is 18.8 Å². The number of esters is 1. The smallest absolute Gasteiger partial charge is 0.321 e. The van der Waals surface area contributed by atoms with Gasteiger partial charge in [0.05, 0.1) is 21.3 Å². The highest BCUT2D eigenvalue weighted by Crippen LogP contribution is 2.25. The van der Waals surface area contributed by atoms with Gasteiger partial charge in [-0.1, -0.05) is 11.6 Å². The van der Waals surface area contributed by atoms with E-state index in [2.05, 4.69) is 9.72 Å². The molecule has 0 aliphatic heterocycles. The number of ether oxygens (including phenoxy) is 3. The van der Waals surface area contributed by atoms with E-state index in [0.717, 1.165) is 10.5 Å². The number of hydrogen-bond acceptors (Lipinski definition) is 7. The van der Waals surface area contributed by atoms with E-state index in [1.807, 2.05) is 0 Å². The van der Waals surface area contributed by atoms with Crippen LogP contribution in [-0.2, 0) is 26.1 Å². The highest BCUT2D eigenvalue weighted by atomic mass is 35.5. The number of carbonyl (C=O) groups is 1. The minimum atomic E-state index is -4.03. The Bertz CT molecular complexity index is 880. The molecule has 0 saturated heterocycles. The Labute approximate surface area is 162 Å². The largest absolute Gasteiger partial charge is 0.497 e. The molecule has 10 heteroatoms. The van der Waals surface area contributed by atoms with Crippen molar-refractivity contribution < 1.29 is 27.4 Å². The summed E-state index contributed by atoms with van der Waals surface area (Å²) in [6.07, 6.45) is 1.13. The quantitative estimate of drug-likeness (QED) is 0.482. The van der Waals surface area contributed by atoms with Gasteiger partial charge in [-0.15, -0.1) is 0 Å². The molecule has 1 heterocycles. The van der Waals surface area contributed by atoms with Gasteiger partial charge in [-0.2, -0.15) is 4.31 Å². The lowest BCUT2D eigenvalue weighted by Crippen LogP contribution is -2.35. The summed E-state index contributed by atoms with van der Waals surface area (Å²) in [5.74, 6) is 0.288. The van der Waals surface area contributed by atoms with Crippen LogP contribution in [0.3, 0.4) is 0 Å². The van der Waals surface area contributed by atoms with E-state index in [1.54, 1.807) is 18.2 Å². The molecule has 8 nitrogen and oxygen atoms in total. The molecule has 0 radical (unpaired) electrons. The number of methoxy groups -OCH3 is 3. The average molecular weight is 415 g/mol. The van der Waals surface area contributed by atoms with Gasteiger partial charge in [0.2, 0.25) is 10.0 Å². The molecule has 0 aliphatic carbocycles. The van der Waals surface area contributed by atoms with E-state index >= 15 is 0 Å². The molecule has 146 valence electrons. The molecule has 1 aromatic heterocycles. The number of carbonyl (C=O) groups excluding carboxylic acids is 1. The Kier molecular flexibility index (Phi) is 7.00. The topological polar surface area (TPSA) is 95.0 Å². The Morgan fingerprint density at radius 2 is 1.74 bits per heavy atom. The summed E-state index contributed by atoms with van der Waals surface area (Å²) in [5, 5.41) is 0.158. The first-order valence-electron chi connectivity index (χ1n) is 7.70. The van der Waals surface area contributed by atoms with Crippen molar-refractivity contribution >= 4 is 27.6 Å². The van der Waals surface area contributed by atoms with E-state index in [0.29, 0.717) is 17.1 Å². The second-order valence-electron chi connectivity index (χ2n) is 5.39. The van der Waals surface area contributed by atoms with Crippen molar-refractivity contribution in [2.24, 2.45) is 0 Å². The van der Waals surface area contributed by atoms with Gasteiger partial charge in [-0.25, -0.2) is 13.4 Å². The Balaban J connectivity index is 2.43. The predicted molar refractivity (Wildman–Crippen MR) is 98.4 cm³/mol. The van der Waals surface area contributed by atoms with Crippen LogP contribution >= 0.6 is 11.6 Å². The van der Waals surface area contributed by atoms with Crippen molar-refractivity contribution in [3.05, 3.63) is 47.2 Å². The van der Waals surface area contributed by atoms with Crippen LogP contribution in [0.25, 0.3) is 0 Å². The van der Waals surface area contributed by atoms with Crippen LogP contribution in [0.15, 0.2) is 41.4 Å². The lowest BCUT2D eigenvalue weighted by Gasteiger charge is -2.21. The molecule has 2 aromatic rings. The molecule has 0 N–H and O–H groups in total. The molecular weight excluding hydrogens is 396 g/mol. The first-order valence-corrected chi connectivity index (χ1v) is 9.52. The van der Waals surface area contributed by atoms with Crippen molar-refractivity contribution in [1.29, 1.82) is 0 Å². The first-order chi connectivity index (χ1) is 12.8. The second kappa shape index (κ2) is 9.03. The molecule has 0 unspecified atom stereocenters. The van der Waals surface area contributed by atoms with Crippen LogP contribution in [-0.4, -0.2) is 51.6 Å². The van der Waals surface area contributed by atoms with Crippen molar-refractivity contribution in [2.75, 3.05) is 27.9 Å². The molecule has 27 heavy (non-hydrogen) atoms. The Hall–Kier alpha value is -2.36. The fraction of sp³-hybridized carbons (Fsp3) is 0.294. The molecule has 0 amide bonds. The zero-order valence-corrected chi connectivity index (χ0v) is 16.6. The molecule has 1 aromatic carbocycles. The van der Waals surface area contributed by atoms with Crippen LogP contribution in [0.5, 0.6) is 11.5 Å². The minimum absolute atomic E-state index is 0.0920. The highest BCUT2D eigenvalue weighted by Gasteiger charge is 2.28. The van der Waals surface area contributed by atoms with Crippen LogP contribution in [0.4, 0.5) is 0 Å². The van der Waals surface area contributed by atoms with Gasteiger partial charge >= 0.3 is 5.97 Å². The number of aromatic nitrogens is 1. The number of rotatable bonds is 8. The fourth-order valence-corrected chi connectivity index (χ4v) is 3.69.